The summed E-state index contributed by atoms with van der Waals surface area (Å²) in [6.07, 6.45) is 4.56. The zero-order valence-corrected chi connectivity index (χ0v) is 10.4. The van der Waals surface area contributed by atoms with E-state index in [1.54, 1.807) is 17.1 Å². The Kier molecular flexibility index (Phi) is 3.78. The quantitative estimate of drug-likeness (QED) is 0.798. The van der Waals surface area contributed by atoms with Crippen molar-refractivity contribution in [1.82, 2.24) is 20.2 Å². The molecule has 2 heterocycles. The van der Waals surface area contributed by atoms with Crippen LogP contribution in [0.15, 0.2) is 12.5 Å². The fourth-order valence-electron chi connectivity index (χ4n) is 2.17. The zero-order chi connectivity index (χ0) is 12.3. The molecule has 0 aromatic carbocycles. The molecule has 1 fully saturated rings. The van der Waals surface area contributed by atoms with Crippen molar-refractivity contribution in [2.75, 3.05) is 19.6 Å². The number of piperidine rings is 1. The van der Waals surface area contributed by atoms with E-state index in [1.165, 1.54) is 6.42 Å². The highest BCUT2D eigenvalue weighted by atomic mass is 16.1. The molecule has 2 N–H and O–H groups in total. The SMILES string of the molecule is CC1CCNCC1CNC(=O)c1cn(C)cn1. The topological polar surface area (TPSA) is 58.9 Å². The lowest BCUT2D eigenvalue weighted by atomic mass is 9.88. The van der Waals surface area contributed by atoms with Crippen molar-refractivity contribution in [1.29, 1.82) is 0 Å². The summed E-state index contributed by atoms with van der Waals surface area (Å²) < 4.78 is 1.78. The minimum absolute atomic E-state index is 0.0802. The molecule has 0 bridgehead atoms. The summed E-state index contributed by atoms with van der Waals surface area (Å²) >= 11 is 0. The van der Waals surface area contributed by atoms with E-state index in [0.29, 0.717) is 17.5 Å². The number of hydrogen-bond donors (Lipinski definition) is 2. The molecule has 0 spiro atoms. The Bertz CT molecular complexity index is 388. The van der Waals surface area contributed by atoms with E-state index in [4.69, 9.17) is 0 Å². The van der Waals surface area contributed by atoms with Crippen molar-refractivity contribution >= 4 is 5.91 Å². The first-order valence-corrected chi connectivity index (χ1v) is 6.13. The predicted octanol–water partition coefficient (Wildman–Crippen LogP) is 0.396. The number of imidazole rings is 1. The molecular weight excluding hydrogens is 216 g/mol. The second kappa shape index (κ2) is 5.31. The number of hydrogen-bond acceptors (Lipinski definition) is 3. The van der Waals surface area contributed by atoms with Crippen LogP contribution in [0.4, 0.5) is 0 Å². The van der Waals surface area contributed by atoms with Gasteiger partial charge in [0.15, 0.2) is 0 Å². The Morgan fingerprint density at radius 3 is 3.18 bits per heavy atom. The second-order valence-corrected chi connectivity index (χ2v) is 4.86. The van der Waals surface area contributed by atoms with Crippen molar-refractivity contribution in [2.45, 2.75) is 13.3 Å². The summed E-state index contributed by atoms with van der Waals surface area (Å²) in [4.78, 5) is 15.8. The molecule has 0 aliphatic carbocycles. The van der Waals surface area contributed by atoms with Gasteiger partial charge < -0.3 is 15.2 Å². The van der Waals surface area contributed by atoms with E-state index in [2.05, 4.69) is 22.5 Å². The van der Waals surface area contributed by atoms with Gasteiger partial charge in [0.25, 0.3) is 5.91 Å². The fraction of sp³-hybridized carbons (Fsp3) is 0.667. The molecule has 1 amide bonds. The van der Waals surface area contributed by atoms with Crippen molar-refractivity contribution in [2.24, 2.45) is 18.9 Å². The van der Waals surface area contributed by atoms with E-state index in [0.717, 1.165) is 19.6 Å². The van der Waals surface area contributed by atoms with Gasteiger partial charge in [-0.25, -0.2) is 4.98 Å². The normalized spacial score (nSPS) is 24.6. The van der Waals surface area contributed by atoms with E-state index in [-0.39, 0.29) is 5.91 Å². The van der Waals surface area contributed by atoms with Crippen molar-refractivity contribution in [3.05, 3.63) is 18.2 Å². The molecule has 1 aromatic heterocycles. The number of carbonyl (C=O) groups excluding carboxylic acids is 1. The summed E-state index contributed by atoms with van der Waals surface area (Å²) in [5.41, 5.74) is 0.490. The van der Waals surface area contributed by atoms with Crippen LogP contribution in [0, 0.1) is 11.8 Å². The molecule has 2 unspecified atom stereocenters. The van der Waals surface area contributed by atoms with E-state index >= 15 is 0 Å². The summed E-state index contributed by atoms with van der Waals surface area (Å²) in [7, 11) is 1.86. The lowest BCUT2D eigenvalue weighted by Gasteiger charge is -2.29. The molecule has 2 atom stereocenters. The van der Waals surface area contributed by atoms with Crippen LogP contribution in [0.5, 0.6) is 0 Å². The van der Waals surface area contributed by atoms with Crippen LogP contribution in [0.2, 0.25) is 0 Å². The molecule has 17 heavy (non-hydrogen) atoms. The fourth-order valence-corrected chi connectivity index (χ4v) is 2.17. The molecule has 5 heteroatoms. The number of rotatable bonds is 3. The smallest absolute Gasteiger partial charge is 0.271 e. The average Bonchev–Trinajstić information content (AvgIpc) is 2.74. The first-order chi connectivity index (χ1) is 8.16. The first-order valence-electron chi connectivity index (χ1n) is 6.13. The molecule has 2 rings (SSSR count). The Morgan fingerprint density at radius 1 is 1.71 bits per heavy atom. The van der Waals surface area contributed by atoms with Gasteiger partial charge in [0.1, 0.15) is 5.69 Å². The summed E-state index contributed by atoms with van der Waals surface area (Å²) in [6, 6.07) is 0. The van der Waals surface area contributed by atoms with Gasteiger partial charge in [-0.2, -0.15) is 0 Å². The molecule has 1 aliphatic heterocycles. The number of nitrogens with zero attached hydrogens (tertiary/aromatic N) is 2. The average molecular weight is 236 g/mol. The molecular formula is C12H20N4O. The Labute approximate surface area is 102 Å². The second-order valence-electron chi connectivity index (χ2n) is 4.86. The summed E-state index contributed by atoms with van der Waals surface area (Å²) in [5.74, 6) is 1.11. The maximum Gasteiger partial charge on any atom is 0.271 e. The highest BCUT2D eigenvalue weighted by Crippen LogP contribution is 2.17. The van der Waals surface area contributed by atoms with Crippen LogP contribution in [0.25, 0.3) is 0 Å². The van der Waals surface area contributed by atoms with E-state index < -0.39 is 0 Å². The Balaban J connectivity index is 1.83. The molecule has 0 radical (unpaired) electrons. The third-order valence-corrected chi connectivity index (χ3v) is 3.45. The molecule has 5 nitrogen and oxygen atoms in total. The lowest BCUT2D eigenvalue weighted by molar-refractivity contribution is 0.0934. The van der Waals surface area contributed by atoms with Gasteiger partial charge in [-0.15, -0.1) is 0 Å². The van der Waals surface area contributed by atoms with Gasteiger partial charge in [0.05, 0.1) is 6.33 Å². The van der Waals surface area contributed by atoms with E-state index in [1.807, 2.05) is 7.05 Å². The highest BCUT2D eigenvalue weighted by molar-refractivity contribution is 5.91. The largest absolute Gasteiger partial charge is 0.350 e. The molecule has 1 aromatic rings. The van der Waals surface area contributed by atoms with Crippen LogP contribution in [-0.2, 0) is 7.05 Å². The summed E-state index contributed by atoms with van der Waals surface area (Å²) in [6.45, 7) is 5.05. The Morgan fingerprint density at radius 2 is 2.53 bits per heavy atom. The van der Waals surface area contributed by atoms with Crippen molar-refractivity contribution in [3.63, 3.8) is 0 Å². The molecule has 0 saturated carbocycles. The van der Waals surface area contributed by atoms with Crippen LogP contribution in [0.1, 0.15) is 23.8 Å². The van der Waals surface area contributed by atoms with Crippen LogP contribution in [0.3, 0.4) is 0 Å². The predicted molar refractivity (Wildman–Crippen MR) is 65.7 cm³/mol. The monoisotopic (exact) mass is 236 g/mol. The van der Waals surface area contributed by atoms with Crippen molar-refractivity contribution < 1.29 is 4.79 Å². The first kappa shape index (κ1) is 12.1. The number of aryl methyl sites for hydroxylation is 1. The van der Waals surface area contributed by atoms with Crippen LogP contribution in [-0.4, -0.2) is 35.1 Å². The van der Waals surface area contributed by atoms with Gasteiger partial charge in [0, 0.05) is 19.8 Å². The van der Waals surface area contributed by atoms with E-state index in [9.17, 15) is 4.79 Å². The number of amides is 1. The third kappa shape index (κ3) is 3.06. The van der Waals surface area contributed by atoms with Gasteiger partial charge in [0.2, 0.25) is 0 Å². The zero-order valence-electron chi connectivity index (χ0n) is 10.4. The number of nitrogens with one attached hydrogen (secondary N) is 2. The standard InChI is InChI=1S/C12H20N4O/c1-9-3-4-13-5-10(9)6-14-12(17)11-7-16(2)8-15-11/h7-10,13H,3-6H2,1-2H3,(H,14,17). The highest BCUT2D eigenvalue weighted by Gasteiger charge is 2.21. The van der Waals surface area contributed by atoms with Crippen LogP contribution < -0.4 is 10.6 Å². The lowest BCUT2D eigenvalue weighted by Crippen LogP contribution is -2.42. The number of carbonyl (C=O) groups is 1. The molecule has 1 aliphatic rings. The molecule has 1 saturated heterocycles. The summed E-state index contributed by atoms with van der Waals surface area (Å²) in [5, 5.41) is 6.32. The third-order valence-electron chi connectivity index (χ3n) is 3.45. The van der Waals surface area contributed by atoms with Gasteiger partial charge in [-0.1, -0.05) is 6.92 Å². The number of aromatic nitrogens is 2. The minimum Gasteiger partial charge on any atom is -0.350 e. The van der Waals surface area contributed by atoms with Crippen LogP contribution >= 0.6 is 0 Å². The maximum atomic E-state index is 11.8. The van der Waals surface area contributed by atoms with Gasteiger partial charge >= 0.3 is 0 Å². The van der Waals surface area contributed by atoms with Crippen molar-refractivity contribution in [3.8, 4) is 0 Å². The van der Waals surface area contributed by atoms with Gasteiger partial charge in [-0.3, -0.25) is 4.79 Å². The Hall–Kier alpha value is -1.36. The minimum atomic E-state index is -0.0802. The maximum absolute atomic E-state index is 11.8. The molecule has 94 valence electrons. The van der Waals surface area contributed by atoms with Gasteiger partial charge in [-0.05, 0) is 31.3 Å².